The number of nitrogens with zero attached hydrogens (tertiary/aromatic N) is 3. The molecule has 0 spiro atoms. The summed E-state index contributed by atoms with van der Waals surface area (Å²) in [5, 5.41) is 0. The molecule has 2 heterocycles. The van der Waals surface area contributed by atoms with Crippen LogP contribution >= 0.6 is 0 Å². The van der Waals surface area contributed by atoms with E-state index in [0.717, 1.165) is 30.5 Å². The summed E-state index contributed by atoms with van der Waals surface area (Å²) < 4.78 is 27.4. The zero-order valence-electron chi connectivity index (χ0n) is 16.5. The molecular formula is C21H27N3O3S. The fourth-order valence-corrected chi connectivity index (χ4v) is 4.93. The number of likely N-dealkylation sites (N-methyl/N-ethyl adjacent to an activating group) is 1. The summed E-state index contributed by atoms with van der Waals surface area (Å²) in [5.74, 6) is -0.177. The lowest BCUT2D eigenvalue weighted by Gasteiger charge is -2.26. The van der Waals surface area contributed by atoms with E-state index in [1.54, 1.807) is 30.3 Å². The Labute approximate surface area is 167 Å². The normalized spacial score (nSPS) is 15.4. The van der Waals surface area contributed by atoms with Crippen LogP contribution in [0.5, 0.6) is 0 Å². The highest BCUT2D eigenvalue weighted by Crippen LogP contribution is 2.23. The van der Waals surface area contributed by atoms with Crippen molar-refractivity contribution < 1.29 is 13.2 Å². The van der Waals surface area contributed by atoms with Crippen LogP contribution in [0.25, 0.3) is 0 Å². The lowest BCUT2D eigenvalue weighted by Crippen LogP contribution is -2.36. The van der Waals surface area contributed by atoms with Gasteiger partial charge in [0.05, 0.1) is 4.90 Å². The Hall–Kier alpha value is -2.25. The van der Waals surface area contributed by atoms with Crippen molar-refractivity contribution in [1.29, 1.82) is 0 Å². The number of carbonyl (C=O) groups excluding carboxylic acids is 1. The highest BCUT2D eigenvalue weighted by Gasteiger charge is 2.27. The molecule has 1 amide bonds. The number of piperidine rings is 1. The Morgan fingerprint density at radius 3 is 2.57 bits per heavy atom. The smallest absolute Gasteiger partial charge is 0.253 e. The maximum Gasteiger partial charge on any atom is 0.253 e. The van der Waals surface area contributed by atoms with Crippen molar-refractivity contribution >= 4 is 15.9 Å². The van der Waals surface area contributed by atoms with Gasteiger partial charge in [-0.1, -0.05) is 18.6 Å². The van der Waals surface area contributed by atoms with Crippen molar-refractivity contribution in [3.8, 4) is 0 Å². The lowest BCUT2D eigenvalue weighted by atomic mass is 10.1. The number of sulfonamides is 1. The molecule has 3 rings (SSSR count). The summed E-state index contributed by atoms with van der Waals surface area (Å²) >= 11 is 0. The fourth-order valence-electron chi connectivity index (χ4n) is 3.38. The summed E-state index contributed by atoms with van der Waals surface area (Å²) in [6, 6.07) is 10.5. The topological polar surface area (TPSA) is 70.6 Å². The molecule has 150 valence electrons. The molecule has 0 atom stereocenters. The predicted molar refractivity (Wildman–Crippen MR) is 109 cm³/mol. The molecule has 2 aromatic rings. The second kappa shape index (κ2) is 8.84. The highest BCUT2D eigenvalue weighted by atomic mass is 32.2. The number of pyridine rings is 1. The van der Waals surface area contributed by atoms with Gasteiger partial charge in [-0.05, 0) is 49.6 Å². The number of hydrogen-bond acceptors (Lipinski definition) is 4. The summed E-state index contributed by atoms with van der Waals surface area (Å²) in [5.41, 5.74) is 2.12. The van der Waals surface area contributed by atoms with E-state index in [4.69, 9.17) is 0 Å². The molecule has 1 saturated heterocycles. The first kappa shape index (κ1) is 20.5. The number of carbonyl (C=O) groups is 1. The van der Waals surface area contributed by atoms with E-state index in [9.17, 15) is 13.2 Å². The largest absolute Gasteiger partial charge is 0.341 e. The lowest BCUT2D eigenvalue weighted by molar-refractivity contribution is 0.0795. The quantitative estimate of drug-likeness (QED) is 0.746. The van der Waals surface area contributed by atoms with E-state index in [1.165, 1.54) is 10.4 Å². The van der Waals surface area contributed by atoms with Gasteiger partial charge in [-0.3, -0.25) is 9.78 Å². The van der Waals surface area contributed by atoms with Gasteiger partial charge in [0, 0.05) is 50.6 Å². The number of amides is 1. The van der Waals surface area contributed by atoms with Gasteiger partial charge in [0.15, 0.2) is 0 Å². The van der Waals surface area contributed by atoms with Crippen molar-refractivity contribution in [2.75, 3.05) is 26.7 Å². The van der Waals surface area contributed by atoms with Crippen LogP contribution in [-0.2, 0) is 16.4 Å². The van der Waals surface area contributed by atoms with Crippen LogP contribution in [0.4, 0.5) is 0 Å². The standard InChI is InChI=1S/C21H27N3O3S/c1-17-9-10-19(28(26,27)24-13-6-3-7-14-24)16-20(17)21(25)23(2)15-11-18-8-4-5-12-22-18/h4-5,8-10,12,16H,3,6-7,11,13-15H2,1-2H3. The van der Waals surface area contributed by atoms with Gasteiger partial charge < -0.3 is 4.90 Å². The Morgan fingerprint density at radius 2 is 1.89 bits per heavy atom. The Bertz CT molecular complexity index is 923. The number of aromatic nitrogens is 1. The zero-order chi connectivity index (χ0) is 20.1. The third kappa shape index (κ3) is 4.59. The van der Waals surface area contributed by atoms with Crippen LogP contribution in [0.15, 0.2) is 47.5 Å². The maximum atomic E-state index is 12.9. The van der Waals surface area contributed by atoms with Crippen LogP contribution in [-0.4, -0.2) is 55.2 Å². The van der Waals surface area contributed by atoms with Crippen LogP contribution < -0.4 is 0 Å². The van der Waals surface area contributed by atoms with E-state index in [-0.39, 0.29) is 10.8 Å². The van der Waals surface area contributed by atoms with Gasteiger partial charge in [-0.25, -0.2) is 8.42 Å². The van der Waals surface area contributed by atoms with Crippen molar-refractivity contribution in [2.45, 2.75) is 37.5 Å². The monoisotopic (exact) mass is 401 g/mol. The molecule has 0 bridgehead atoms. The Balaban J connectivity index is 1.77. The Morgan fingerprint density at radius 1 is 1.14 bits per heavy atom. The number of rotatable bonds is 6. The van der Waals surface area contributed by atoms with Gasteiger partial charge in [0.1, 0.15) is 0 Å². The number of benzene rings is 1. The first-order valence-electron chi connectivity index (χ1n) is 9.66. The van der Waals surface area contributed by atoms with Gasteiger partial charge in [0.25, 0.3) is 5.91 Å². The molecule has 0 N–H and O–H groups in total. The molecule has 0 saturated carbocycles. The summed E-state index contributed by atoms with van der Waals surface area (Å²) in [6.45, 7) is 3.43. The van der Waals surface area contributed by atoms with Crippen molar-refractivity contribution in [1.82, 2.24) is 14.2 Å². The third-order valence-corrected chi connectivity index (χ3v) is 7.06. The van der Waals surface area contributed by atoms with Crippen molar-refractivity contribution in [2.24, 2.45) is 0 Å². The first-order valence-corrected chi connectivity index (χ1v) is 11.1. The number of aryl methyl sites for hydroxylation is 1. The third-order valence-electron chi connectivity index (χ3n) is 5.17. The van der Waals surface area contributed by atoms with Gasteiger partial charge in [-0.2, -0.15) is 4.31 Å². The number of hydrogen-bond donors (Lipinski definition) is 0. The molecule has 1 aliphatic heterocycles. The van der Waals surface area contributed by atoms with E-state index >= 15 is 0 Å². The molecule has 1 aromatic carbocycles. The Kier molecular flexibility index (Phi) is 6.46. The van der Waals surface area contributed by atoms with Crippen LogP contribution in [0.3, 0.4) is 0 Å². The van der Waals surface area contributed by atoms with E-state index in [2.05, 4.69) is 4.98 Å². The molecule has 0 radical (unpaired) electrons. The minimum Gasteiger partial charge on any atom is -0.341 e. The van der Waals surface area contributed by atoms with Crippen LogP contribution in [0, 0.1) is 6.92 Å². The van der Waals surface area contributed by atoms with E-state index in [1.807, 2.05) is 25.1 Å². The fraction of sp³-hybridized carbons (Fsp3) is 0.429. The first-order chi connectivity index (χ1) is 13.4. The van der Waals surface area contributed by atoms with Crippen LogP contribution in [0.2, 0.25) is 0 Å². The minimum absolute atomic E-state index is 0.177. The highest BCUT2D eigenvalue weighted by molar-refractivity contribution is 7.89. The van der Waals surface area contributed by atoms with Crippen molar-refractivity contribution in [3.63, 3.8) is 0 Å². The zero-order valence-corrected chi connectivity index (χ0v) is 17.3. The summed E-state index contributed by atoms with van der Waals surface area (Å²) in [4.78, 5) is 19.0. The predicted octanol–water partition coefficient (Wildman–Crippen LogP) is 2.88. The summed E-state index contributed by atoms with van der Waals surface area (Å²) in [7, 11) is -1.83. The molecule has 1 fully saturated rings. The van der Waals surface area contributed by atoms with E-state index in [0.29, 0.717) is 31.6 Å². The molecule has 1 aliphatic rings. The van der Waals surface area contributed by atoms with Gasteiger partial charge in [-0.15, -0.1) is 0 Å². The average Bonchev–Trinajstić information content (AvgIpc) is 2.73. The van der Waals surface area contributed by atoms with Gasteiger partial charge >= 0.3 is 0 Å². The van der Waals surface area contributed by atoms with Crippen molar-refractivity contribution in [3.05, 3.63) is 59.4 Å². The molecule has 7 heteroatoms. The molecule has 0 unspecified atom stereocenters. The molecule has 0 aliphatic carbocycles. The minimum atomic E-state index is -3.56. The second-order valence-electron chi connectivity index (χ2n) is 7.24. The summed E-state index contributed by atoms with van der Waals surface area (Å²) in [6.07, 6.45) is 5.20. The second-order valence-corrected chi connectivity index (χ2v) is 9.18. The van der Waals surface area contributed by atoms with Crippen LogP contribution in [0.1, 0.15) is 40.9 Å². The van der Waals surface area contributed by atoms with E-state index < -0.39 is 10.0 Å². The van der Waals surface area contributed by atoms with Gasteiger partial charge in [0.2, 0.25) is 10.0 Å². The molecule has 28 heavy (non-hydrogen) atoms. The average molecular weight is 402 g/mol. The molecule has 1 aromatic heterocycles. The maximum absolute atomic E-state index is 12.9. The molecule has 6 nitrogen and oxygen atoms in total. The SMILES string of the molecule is Cc1ccc(S(=O)(=O)N2CCCCC2)cc1C(=O)N(C)CCc1ccccn1. The molecular weight excluding hydrogens is 374 g/mol.